The van der Waals surface area contributed by atoms with Crippen molar-refractivity contribution in [1.29, 1.82) is 0 Å². The smallest absolute Gasteiger partial charge is 0.158 e. The SMILES string of the molecule is CCOCc1nc(N)cc(NCCCn2ccnn2)n1. The van der Waals surface area contributed by atoms with Crippen LogP contribution in [0.25, 0.3) is 0 Å². The van der Waals surface area contributed by atoms with E-state index >= 15 is 0 Å². The number of hydrogen-bond donors (Lipinski definition) is 2. The van der Waals surface area contributed by atoms with E-state index in [0.29, 0.717) is 30.7 Å². The molecule has 0 spiro atoms. The average molecular weight is 277 g/mol. The van der Waals surface area contributed by atoms with Crippen LogP contribution < -0.4 is 11.1 Å². The lowest BCUT2D eigenvalue weighted by molar-refractivity contribution is 0.128. The first kappa shape index (κ1) is 14.2. The third-order valence-electron chi connectivity index (χ3n) is 2.57. The number of nitrogens with two attached hydrogens (primary N) is 1. The van der Waals surface area contributed by atoms with Crippen molar-refractivity contribution < 1.29 is 4.74 Å². The molecule has 0 aliphatic rings. The summed E-state index contributed by atoms with van der Waals surface area (Å²) in [6, 6.07) is 1.71. The maximum absolute atomic E-state index is 5.74. The third-order valence-corrected chi connectivity index (χ3v) is 2.57. The molecule has 0 aliphatic carbocycles. The van der Waals surface area contributed by atoms with Gasteiger partial charge in [-0.25, -0.2) is 9.97 Å². The van der Waals surface area contributed by atoms with E-state index in [4.69, 9.17) is 10.5 Å². The lowest BCUT2D eigenvalue weighted by atomic mass is 10.4. The van der Waals surface area contributed by atoms with E-state index in [2.05, 4.69) is 25.6 Å². The number of nitrogen functional groups attached to an aromatic ring is 1. The second-order valence-corrected chi connectivity index (χ2v) is 4.18. The molecule has 2 aromatic heterocycles. The van der Waals surface area contributed by atoms with E-state index in [1.807, 2.05) is 13.1 Å². The normalized spacial score (nSPS) is 10.7. The second kappa shape index (κ2) is 7.39. The molecule has 2 rings (SSSR count). The summed E-state index contributed by atoms with van der Waals surface area (Å²) in [4.78, 5) is 8.46. The Morgan fingerprint density at radius 1 is 1.40 bits per heavy atom. The topological polar surface area (TPSA) is 104 Å². The lowest BCUT2D eigenvalue weighted by Crippen LogP contribution is -2.10. The number of nitrogens with zero attached hydrogens (tertiary/aromatic N) is 5. The first-order valence-corrected chi connectivity index (χ1v) is 6.57. The van der Waals surface area contributed by atoms with E-state index in [1.165, 1.54) is 0 Å². The Hall–Kier alpha value is -2.22. The summed E-state index contributed by atoms with van der Waals surface area (Å²) in [5, 5.41) is 10.9. The molecule has 0 saturated carbocycles. The van der Waals surface area contributed by atoms with E-state index in [1.54, 1.807) is 16.9 Å². The molecule has 0 amide bonds. The van der Waals surface area contributed by atoms with Crippen molar-refractivity contribution in [3.63, 3.8) is 0 Å². The van der Waals surface area contributed by atoms with E-state index in [0.717, 1.165) is 19.5 Å². The van der Waals surface area contributed by atoms with Gasteiger partial charge in [-0.3, -0.25) is 4.68 Å². The van der Waals surface area contributed by atoms with Crippen LogP contribution in [0.15, 0.2) is 18.5 Å². The molecule has 2 aromatic rings. The molecule has 0 bridgehead atoms. The summed E-state index contributed by atoms with van der Waals surface area (Å²) in [6.07, 6.45) is 4.41. The van der Waals surface area contributed by atoms with Gasteiger partial charge >= 0.3 is 0 Å². The fourth-order valence-corrected chi connectivity index (χ4v) is 1.68. The summed E-state index contributed by atoms with van der Waals surface area (Å²) in [5.41, 5.74) is 5.74. The molecule has 0 aromatic carbocycles. The summed E-state index contributed by atoms with van der Waals surface area (Å²) >= 11 is 0. The number of ether oxygens (including phenoxy) is 1. The molecule has 0 atom stereocenters. The zero-order chi connectivity index (χ0) is 14.2. The van der Waals surface area contributed by atoms with Gasteiger partial charge in [-0.2, -0.15) is 0 Å². The molecule has 0 radical (unpaired) electrons. The predicted octanol–water partition coefficient (Wildman–Crippen LogP) is 0.689. The molecule has 108 valence electrons. The number of aromatic nitrogens is 5. The minimum atomic E-state index is 0.370. The highest BCUT2D eigenvalue weighted by Crippen LogP contribution is 2.09. The molecule has 3 N–H and O–H groups in total. The van der Waals surface area contributed by atoms with Crippen LogP contribution in [0.4, 0.5) is 11.6 Å². The second-order valence-electron chi connectivity index (χ2n) is 4.18. The van der Waals surface area contributed by atoms with Gasteiger partial charge < -0.3 is 15.8 Å². The van der Waals surface area contributed by atoms with Gasteiger partial charge in [0.15, 0.2) is 5.82 Å². The van der Waals surface area contributed by atoms with Gasteiger partial charge in [-0.05, 0) is 13.3 Å². The highest BCUT2D eigenvalue weighted by Gasteiger charge is 2.02. The van der Waals surface area contributed by atoms with Crippen LogP contribution in [0.3, 0.4) is 0 Å². The molecule has 0 saturated heterocycles. The van der Waals surface area contributed by atoms with E-state index in [9.17, 15) is 0 Å². The van der Waals surface area contributed by atoms with Crippen molar-refractivity contribution in [2.45, 2.75) is 26.5 Å². The van der Waals surface area contributed by atoms with Crippen LogP contribution in [0, 0.1) is 0 Å². The Bertz CT molecular complexity index is 515. The molecule has 8 heteroatoms. The first-order chi connectivity index (χ1) is 9.78. The van der Waals surface area contributed by atoms with Crippen molar-refractivity contribution >= 4 is 11.6 Å². The number of hydrogen-bond acceptors (Lipinski definition) is 7. The maximum Gasteiger partial charge on any atom is 0.158 e. The highest BCUT2D eigenvalue weighted by molar-refractivity contribution is 5.44. The van der Waals surface area contributed by atoms with Gasteiger partial charge in [0.05, 0.1) is 6.20 Å². The van der Waals surface area contributed by atoms with Gasteiger partial charge in [0.25, 0.3) is 0 Å². The van der Waals surface area contributed by atoms with Gasteiger partial charge in [0, 0.05) is 32.0 Å². The third kappa shape index (κ3) is 4.47. The quantitative estimate of drug-likeness (QED) is 0.684. The van der Waals surface area contributed by atoms with Crippen molar-refractivity contribution in [2.24, 2.45) is 0 Å². The summed E-state index contributed by atoms with van der Waals surface area (Å²) in [7, 11) is 0. The molecule has 0 aliphatic heterocycles. The van der Waals surface area contributed by atoms with Crippen LogP contribution in [0.2, 0.25) is 0 Å². The lowest BCUT2D eigenvalue weighted by Gasteiger charge is -2.08. The first-order valence-electron chi connectivity index (χ1n) is 6.57. The largest absolute Gasteiger partial charge is 0.384 e. The number of nitrogens with one attached hydrogen (secondary N) is 1. The zero-order valence-electron chi connectivity index (χ0n) is 11.5. The Labute approximate surface area is 117 Å². The predicted molar refractivity (Wildman–Crippen MR) is 74.9 cm³/mol. The van der Waals surface area contributed by atoms with Crippen LogP contribution in [-0.2, 0) is 17.9 Å². The van der Waals surface area contributed by atoms with Crippen LogP contribution >= 0.6 is 0 Å². The van der Waals surface area contributed by atoms with Crippen LogP contribution in [0.1, 0.15) is 19.2 Å². The van der Waals surface area contributed by atoms with Crippen molar-refractivity contribution in [2.75, 3.05) is 24.2 Å². The Morgan fingerprint density at radius 2 is 2.30 bits per heavy atom. The van der Waals surface area contributed by atoms with Crippen molar-refractivity contribution in [1.82, 2.24) is 25.0 Å². The van der Waals surface area contributed by atoms with Gasteiger partial charge in [-0.1, -0.05) is 5.21 Å². The Balaban J connectivity index is 1.80. The minimum Gasteiger partial charge on any atom is -0.384 e. The van der Waals surface area contributed by atoms with E-state index < -0.39 is 0 Å². The molecule has 2 heterocycles. The fourth-order valence-electron chi connectivity index (χ4n) is 1.68. The molecule has 20 heavy (non-hydrogen) atoms. The Kier molecular flexibility index (Phi) is 5.24. The summed E-state index contributed by atoms with van der Waals surface area (Å²) in [6.45, 7) is 4.49. The van der Waals surface area contributed by atoms with Crippen molar-refractivity contribution in [3.8, 4) is 0 Å². The fraction of sp³-hybridized carbons (Fsp3) is 0.500. The number of anilines is 2. The van der Waals surface area contributed by atoms with Gasteiger partial charge in [-0.15, -0.1) is 5.10 Å². The highest BCUT2D eigenvalue weighted by atomic mass is 16.5. The Morgan fingerprint density at radius 3 is 3.05 bits per heavy atom. The minimum absolute atomic E-state index is 0.370. The molecular formula is C12H19N7O. The van der Waals surface area contributed by atoms with Crippen LogP contribution in [-0.4, -0.2) is 38.1 Å². The standard InChI is InChI=1S/C12H19N7O/c1-2-20-9-12-16-10(13)8-11(17-12)14-4-3-6-19-7-5-15-18-19/h5,7-8H,2-4,6,9H2,1H3,(H3,13,14,16,17). The summed E-state index contributed by atoms with van der Waals surface area (Å²) < 4.78 is 7.07. The van der Waals surface area contributed by atoms with Crippen LogP contribution in [0.5, 0.6) is 0 Å². The average Bonchev–Trinajstić information content (AvgIpc) is 2.94. The molecule has 0 fully saturated rings. The van der Waals surface area contributed by atoms with Crippen molar-refractivity contribution in [3.05, 3.63) is 24.3 Å². The molecule has 0 unspecified atom stereocenters. The van der Waals surface area contributed by atoms with Gasteiger partial charge in [0.1, 0.15) is 18.2 Å². The maximum atomic E-state index is 5.74. The number of rotatable bonds is 8. The van der Waals surface area contributed by atoms with Gasteiger partial charge in [0.2, 0.25) is 0 Å². The summed E-state index contributed by atoms with van der Waals surface area (Å²) in [5.74, 6) is 1.74. The molecule has 8 nitrogen and oxygen atoms in total. The van der Waals surface area contributed by atoms with E-state index in [-0.39, 0.29) is 0 Å². The monoisotopic (exact) mass is 277 g/mol. The molecular weight excluding hydrogens is 258 g/mol. The zero-order valence-corrected chi connectivity index (χ0v) is 11.5. The number of aryl methyl sites for hydroxylation is 1.